The Labute approximate surface area is 94.2 Å². The van der Waals surface area contributed by atoms with Crippen molar-refractivity contribution in [3.63, 3.8) is 0 Å². The number of benzene rings is 1. The van der Waals surface area contributed by atoms with Crippen LogP contribution in [0.1, 0.15) is 12.5 Å². The lowest BCUT2D eigenvalue weighted by Gasteiger charge is -2.23. The van der Waals surface area contributed by atoms with E-state index < -0.39 is 12.0 Å². The van der Waals surface area contributed by atoms with Crippen LogP contribution < -0.4 is 10.1 Å². The summed E-state index contributed by atoms with van der Waals surface area (Å²) in [6.45, 7) is 1.60. The molecule has 2 rings (SSSR count). The highest BCUT2D eigenvalue weighted by Gasteiger charge is 2.35. The summed E-state index contributed by atoms with van der Waals surface area (Å²) >= 11 is 0. The van der Waals surface area contributed by atoms with Gasteiger partial charge >= 0.3 is 0 Å². The molecule has 0 aromatic heterocycles. The van der Waals surface area contributed by atoms with Crippen LogP contribution in [0.15, 0.2) is 30.3 Å². The van der Waals surface area contributed by atoms with Gasteiger partial charge in [-0.15, -0.1) is 0 Å². The van der Waals surface area contributed by atoms with Crippen molar-refractivity contribution in [3.8, 4) is 5.75 Å². The van der Waals surface area contributed by atoms with Gasteiger partial charge in [0.05, 0.1) is 7.11 Å². The summed E-state index contributed by atoms with van der Waals surface area (Å²) in [5.41, 5.74) is 0.158. The molecule has 1 aliphatic rings. The lowest BCUT2D eigenvalue weighted by atomic mass is 9.98. The molecule has 0 spiro atoms. The molecule has 86 valence electrons. The van der Waals surface area contributed by atoms with Crippen LogP contribution in [0.3, 0.4) is 0 Å². The molecule has 16 heavy (non-hydrogen) atoms. The van der Waals surface area contributed by atoms with Crippen LogP contribution in [-0.2, 0) is 0 Å². The van der Waals surface area contributed by atoms with E-state index in [4.69, 9.17) is 4.74 Å². The maximum absolute atomic E-state index is 10.1. The van der Waals surface area contributed by atoms with Crippen molar-refractivity contribution < 1.29 is 14.9 Å². The first kappa shape index (κ1) is 11.1. The van der Waals surface area contributed by atoms with Gasteiger partial charge in [0.2, 0.25) is 0 Å². The maximum Gasteiger partial charge on any atom is 0.142 e. The molecule has 2 atom stereocenters. The Morgan fingerprint density at radius 1 is 1.38 bits per heavy atom. The predicted molar refractivity (Wildman–Crippen MR) is 60.7 cm³/mol. The summed E-state index contributed by atoms with van der Waals surface area (Å²) in [7, 11) is 1.58. The second-order valence-corrected chi connectivity index (χ2v) is 3.94. The zero-order valence-corrected chi connectivity index (χ0v) is 9.27. The molecular formula is C12H15NO3. The van der Waals surface area contributed by atoms with Crippen molar-refractivity contribution in [1.82, 2.24) is 5.32 Å². The summed E-state index contributed by atoms with van der Waals surface area (Å²) in [5, 5.41) is 22.2. The molecule has 1 heterocycles. The van der Waals surface area contributed by atoms with Crippen molar-refractivity contribution >= 4 is 5.57 Å². The van der Waals surface area contributed by atoms with E-state index in [9.17, 15) is 10.2 Å². The minimum absolute atomic E-state index is 0.623. The van der Waals surface area contributed by atoms with E-state index in [0.717, 1.165) is 5.56 Å². The van der Waals surface area contributed by atoms with Gasteiger partial charge in [0.1, 0.15) is 17.7 Å². The Morgan fingerprint density at radius 3 is 2.62 bits per heavy atom. The Balaban J connectivity index is 2.48. The van der Waals surface area contributed by atoms with E-state index >= 15 is 0 Å². The first-order chi connectivity index (χ1) is 7.54. The van der Waals surface area contributed by atoms with Gasteiger partial charge in [0, 0.05) is 11.1 Å². The largest absolute Gasteiger partial charge is 0.496 e. The number of aliphatic hydroxyl groups excluding tert-OH is 1. The van der Waals surface area contributed by atoms with Gasteiger partial charge in [-0.25, -0.2) is 0 Å². The number of hydrogen-bond donors (Lipinski definition) is 3. The first-order valence-electron chi connectivity index (χ1n) is 5.08. The summed E-state index contributed by atoms with van der Waals surface area (Å²) in [5.74, 6) is 0.671. The average molecular weight is 221 g/mol. The molecule has 0 saturated carbocycles. The van der Waals surface area contributed by atoms with E-state index in [2.05, 4.69) is 5.32 Å². The Morgan fingerprint density at radius 2 is 2.06 bits per heavy atom. The molecule has 4 nitrogen and oxygen atoms in total. The Bertz CT molecular complexity index is 426. The van der Waals surface area contributed by atoms with Gasteiger partial charge in [0.15, 0.2) is 0 Å². The summed E-state index contributed by atoms with van der Waals surface area (Å²) in [4.78, 5) is 0. The highest BCUT2D eigenvalue weighted by Crippen LogP contribution is 2.35. The lowest BCUT2D eigenvalue weighted by molar-refractivity contribution is 0.0437. The van der Waals surface area contributed by atoms with Crippen molar-refractivity contribution in [1.29, 1.82) is 0 Å². The fourth-order valence-electron chi connectivity index (χ4n) is 1.95. The molecule has 4 heteroatoms. The number of nitrogens with one attached hydrogen (secondary N) is 1. The number of rotatable bonds is 2. The third kappa shape index (κ3) is 1.82. The maximum atomic E-state index is 10.1. The minimum Gasteiger partial charge on any atom is -0.496 e. The van der Waals surface area contributed by atoms with Crippen molar-refractivity contribution in [3.05, 3.63) is 35.9 Å². The fraction of sp³-hybridized carbons (Fsp3) is 0.333. The number of para-hydroxylation sites is 1. The molecule has 1 aromatic carbocycles. The molecule has 1 aliphatic heterocycles. The molecule has 0 aliphatic carbocycles. The van der Waals surface area contributed by atoms with Gasteiger partial charge in [0.25, 0.3) is 0 Å². The van der Waals surface area contributed by atoms with E-state index in [0.29, 0.717) is 11.3 Å². The Kier molecular flexibility index (Phi) is 2.71. The smallest absolute Gasteiger partial charge is 0.142 e. The molecule has 1 aromatic rings. The zero-order valence-electron chi connectivity index (χ0n) is 9.27. The molecule has 0 radical (unpaired) electrons. The van der Waals surface area contributed by atoms with Crippen LogP contribution >= 0.6 is 0 Å². The first-order valence-corrected chi connectivity index (χ1v) is 5.08. The molecule has 3 N–H and O–H groups in total. The highest BCUT2D eigenvalue weighted by atomic mass is 16.5. The van der Waals surface area contributed by atoms with Gasteiger partial charge in [-0.3, -0.25) is 5.32 Å². The number of ether oxygens (including phenoxy) is 1. The van der Waals surface area contributed by atoms with Crippen molar-refractivity contribution in [2.75, 3.05) is 7.11 Å². The second kappa shape index (κ2) is 3.90. The standard InChI is InChI=1S/C12H15NO3/c1-12(15)9(7-11(14)13-12)8-5-3-4-6-10(8)16-2/h3-7,11,13-15H,1-2H3. The zero-order chi connectivity index (χ0) is 11.8. The summed E-state index contributed by atoms with van der Waals surface area (Å²) in [6.07, 6.45) is 0.743. The van der Waals surface area contributed by atoms with Gasteiger partial charge in [-0.2, -0.15) is 0 Å². The normalized spacial score (nSPS) is 29.0. The summed E-state index contributed by atoms with van der Waals surface area (Å²) < 4.78 is 5.22. The van der Waals surface area contributed by atoms with Gasteiger partial charge in [-0.1, -0.05) is 18.2 Å². The van der Waals surface area contributed by atoms with Crippen LogP contribution in [0.25, 0.3) is 5.57 Å². The lowest BCUT2D eigenvalue weighted by Crippen LogP contribution is -2.42. The third-order valence-corrected chi connectivity index (χ3v) is 2.68. The molecular weight excluding hydrogens is 206 g/mol. The minimum atomic E-state index is -1.24. The van der Waals surface area contributed by atoms with Crippen LogP contribution in [-0.4, -0.2) is 29.3 Å². The molecule has 0 amide bonds. The van der Waals surface area contributed by atoms with E-state index in [-0.39, 0.29) is 0 Å². The fourth-order valence-corrected chi connectivity index (χ4v) is 1.95. The molecule has 0 fully saturated rings. The second-order valence-electron chi connectivity index (χ2n) is 3.94. The van der Waals surface area contributed by atoms with Crippen LogP contribution in [0.4, 0.5) is 0 Å². The van der Waals surface area contributed by atoms with Gasteiger partial charge in [-0.05, 0) is 19.1 Å². The monoisotopic (exact) mass is 221 g/mol. The predicted octanol–water partition coefficient (Wildman–Crippen LogP) is 0.709. The van der Waals surface area contributed by atoms with Crippen LogP contribution in [0, 0.1) is 0 Å². The van der Waals surface area contributed by atoms with Gasteiger partial charge < -0.3 is 14.9 Å². The SMILES string of the molecule is COc1ccccc1C1=CC(O)NC1(C)O. The van der Waals surface area contributed by atoms with Crippen LogP contribution in [0.2, 0.25) is 0 Å². The van der Waals surface area contributed by atoms with E-state index in [1.54, 1.807) is 20.1 Å². The highest BCUT2D eigenvalue weighted by molar-refractivity contribution is 5.77. The number of methoxy groups -OCH3 is 1. The average Bonchev–Trinajstić information content (AvgIpc) is 2.51. The Hall–Kier alpha value is -1.36. The number of aliphatic hydroxyl groups is 2. The number of hydrogen-bond acceptors (Lipinski definition) is 4. The van der Waals surface area contributed by atoms with E-state index in [1.165, 1.54) is 0 Å². The molecule has 0 bridgehead atoms. The quantitative estimate of drug-likeness (QED) is 0.688. The van der Waals surface area contributed by atoms with E-state index in [1.807, 2.05) is 24.3 Å². The van der Waals surface area contributed by atoms with Crippen molar-refractivity contribution in [2.45, 2.75) is 18.9 Å². The van der Waals surface area contributed by atoms with Crippen molar-refractivity contribution in [2.24, 2.45) is 0 Å². The topological polar surface area (TPSA) is 61.7 Å². The molecule has 2 unspecified atom stereocenters. The molecule has 0 saturated heterocycles. The third-order valence-electron chi connectivity index (χ3n) is 2.68. The van der Waals surface area contributed by atoms with Crippen LogP contribution in [0.5, 0.6) is 5.75 Å². The summed E-state index contributed by atoms with van der Waals surface area (Å²) in [6, 6.07) is 7.38.